The van der Waals surface area contributed by atoms with Crippen molar-refractivity contribution >= 4 is 42.9 Å². The lowest BCUT2D eigenvalue weighted by Gasteiger charge is -2.10. The van der Waals surface area contributed by atoms with E-state index in [0.717, 1.165) is 31.4 Å². The molecular weight excluding hydrogens is 420 g/mol. The van der Waals surface area contributed by atoms with E-state index < -0.39 is 0 Å². The first-order valence-electron chi connectivity index (χ1n) is 7.58. The zero-order chi connectivity index (χ0) is 16.6. The molecule has 0 saturated heterocycles. The highest BCUT2D eigenvalue weighted by atomic mass is 79.9. The second-order valence-corrected chi connectivity index (χ2v) is 7.52. The van der Waals surface area contributed by atoms with E-state index in [1.165, 1.54) is 5.56 Å². The van der Waals surface area contributed by atoms with Crippen molar-refractivity contribution in [2.24, 2.45) is 0 Å². The molecule has 1 N–H and O–H groups in total. The molecule has 3 aromatic rings. The van der Waals surface area contributed by atoms with Crippen LogP contribution in [0.25, 0.3) is 22.4 Å². The number of nitrogens with zero attached hydrogens (tertiary/aromatic N) is 2. The van der Waals surface area contributed by atoms with Gasteiger partial charge in [-0.1, -0.05) is 38.1 Å². The molecule has 3 rings (SSSR count). The molecule has 0 fully saturated rings. The van der Waals surface area contributed by atoms with Crippen LogP contribution >= 0.6 is 31.9 Å². The molecule has 1 heterocycles. The summed E-state index contributed by atoms with van der Waals surface area (Å²) in [5.74, 6) is 1.38. The molecule has 23 heavy (non-hydrogen) atoms. The van der Waals surface area contributed by atoms with Crippen LogP contribution in [0.5, 0.6) is 0 Å². The van der Waals surface area contributed by atoms with Gasteiger partial charge in [-0.15, -0.1) is 0 Å². The van der Waals surface area contributed by atoms with Gasteiger partial charge in [0.25, 0.3) is 0 Å². The summed E-state index contributed by atoms with van der Waals surface area (Å²) in [5.41, 5.74) is 4.26. The topological polar surface area (TPSA) is 38.0 Å². The van der Waals surface area contributed by atoms with Crippen molar-refractivity contribution in [3.63, 3.8) is 0 Å². The van der Waals surface area contributed by atoms with Gasteiger partial charge in [0, 0.05) is 21.1 Å². The summed E-state index contributed by atoms with van der Waals surface area (Å²) in [7, 11) is 0. The summed E-state index contributed by atoms with van der Waals surface area (Å²) in [6.07, 6.45) is 0. The fourth-order valence-corrected chi connectivity index (χ4v) is 3.66. The Kier molecular flexibility index (Phi) is 4.90. The minimum absolute atomic E-state index is 0.0709. The summed E-state index contributed by atoms with van der Waals surface area (Å²) in [6, 6.07) is 12.5. The maximum atomic E-state index is 9.47. The van der Waals surface area contributed by atoms with Crippen molar-refractivity contribution in [2.75, 3.05) is 6.61 Å². The molecular formula is C18H18Br2N2O. The first-order chi connectivity index (χ1) is 11.0. The number of rotatable bonds is 4. The number of fused-ring (bicyclic) bond motifs is 1. The van der Waals surface area contributed by atoms with Crippen LogP contribution in [0.4, 0.5) is 0 Å². The zero-order valence-electron chi connectivity index (χ0n) is 13.1. The third kappa shape index (κ3) is 3.10. The minimum atomic E-state index is 0.0709. The largest absolute Gasteiger partial charge is 0.395 e. The van der Waals surface area contributed by atoms with E-state index in [0.29, 0.717) is 12.5 Å². The lowest BCUT2D eigenvalue weighted by molar-refractivity contribution is 0.278. The van der Waals surface area contributed by atoms with Crippen LogP contribution in [0, 0.1) is 0 Å². The van der Waals surface area contributed by atoms with E-state index in [-0.39, 0.29) is 6.61 Å². The molecule has 0 unspecified atom stereocenters. The van der Waals surface area contributed by atoms with E-state index in [1.54, 1.807) is 0 Å². The smallest absolute Gasteiger partial charge is 0.141 e. The van der Waals surface area contributed by atoms with Gasteiger partial charge in [-0.2, -0.15) is 0 Å². The van der Waals surface area contributed by atoms with Crippen molar-refractivity contribution < 1.29 is 5.11 Å². The highest BCUT2D eigenvalue weighted by Gasteiger charge is 2.16. The number of benzene rings is 2. The number of hydrogen-bond acceptors (Lipinski definition) is 2. The first-order valence-corrected chi connectivity index (χ1v) is 9.17. The summed E-state index contributed by atoms with van der Waals surface area (Å²) >= 11 is 7.18. The van der Waals surface area contributed by atoms with Crippen molar-refractivity contribution in [2.45, 2.75) is 26.3 Å². The maximum Gasteiger partial charge on any atom is 0.141 e. The molecule has 0 radical (unpaired) electrons. The molecule has 120 valence electrons. The first kappa shape index (κ1) is 16.7. The SMILES string of the molecule is CC(C)c1ccc(-c2nc3c(Br)ccc(Br)c3n2CCO)cc1. The Hall–Kier alpha value is -1.17. The predicted octanol–water partition coefficient (Wildman–Crippen LogP) is 5.34. The number of aliphatic hydroxyl groups is 1. The summed E-state index contributed by atoms with van der Waals surface area (Å²) in [6.45, 7) is 4.95. The Morgan fingerprint density at radius 2 is 1.70 bits per heavy atom. The van der Waals surface area contributed by atoms with Crippen molar-refractivity contribution in [1.82, 2.24) is 9.55 Å². The van der Waals surface area contributed by atoms with Crippen LogP contribution in [0.1, 0.15) is 25.3 Å². The molecule has 3 nitrogen and oxygen atoms in total. The molecule has 0 atom stereocenters. The summed E-state index contributed by atoms with van der Waals surface area (Å²) in [4.78, 5) is 4.81. The van der Waals surface area contributed by atoms with Gasteiger partial charge < -0.3 is 9.67 Å². The highest BCUT2D eigenvalue weighted by molar-refractivity contribution is 9.11. The number of hydrogen-bond donors (Lipinski definition) is 1. The van der Waals surface area contributed by atoms with Crippen LogP contribution in [0.2, 0.25) is 0 Å². The van der Waals surface area contributed by atoms with Crippen LogP contribution in [-0.4, -0.2) is 21.3 Å². The Labute approximate surface area is 152 Å². The van der Waals surface area contributed by atoms with Gasteiger partial charge in [0.15, 0.2) is 0 Å². The van der Waals surface area contributed by atoms with Gasteiger partial charge in [0.1, 0.15) is 11.3 Å². The molecule has 0 amide bonds. The third-order valence-electron chi connectivity index (χ3n) is 3.96. The number of aliphatic hydroxyl groups excluding tert-OH is 1. The number of aromatic nitrogens is 2. The molecule has 0 bridgehead atoms. The Bertz CT molecular complexity index is 838. The fourth-order valence-electron chi connectivity index (χ4n) is 2.72. The van der Waals surface area contributed by atoms with Gasteiger partial charge >= 0.3 is 0 Å². The Morgan fingerprint density at radius 1 is 1.04 bits per heavy atom. The van der Waals surface area contributed by atoms with Crippen molar-refractivity contribution in [3.05, 3.63) is 50.9 Å². The molecule has 1 aromatic heterocycles. The van der Waals surface area contributed by atoms with Gasteiger partial charge in [-0.3, -0.25) is 0 Å². The van der Waals surface area contributed by atoms with Crippen LogP contribution in [0.3, 0.4) is 0 Å². The molecule has 2 aromatic carbocycles. The van der Waals surface area contributed by atoms with Crippen LogP contribution in [0.15, 0.2) is 45.3 Å². The molecule has 0 aliphatic rings. The van der Waals surface area contributed by atoms with Crippen LogP contribution in [-0.2, 0) is 6.54 Å². The number of imidazole rings is 1. The zero-order valence-corrected chi connectivity index (χ0v) is 16.2. The maximum absolute atomic E-state index is 9.47. The number of halogens is 2. The van der Waals surface area contributed by atoms with Crippen molar-refractivity contribution in [3.8, 4) is 11.4 Å². The monoisotopic (exact) mass is 436 g/mol. The third-order valence-corrected chi connectivity index (χ3v) is 5.23. The molecule has 0 aliphatic carbocycles. The fraction of sp³-hybridized carbons (Fsp3) is 0.278. The summed E-state index contributed by atoms with van der Waals surface area (Å²) in [5, 5.41) is 9.47. The normalized spacial score (nSPS) is 11.6. The molecule has 0 spiro atoms. The van der Waals surface area contributed by atoms with Crippen LogP contribution < -0.4 is 0 Å². The molecule has 0 saturated carbocycles. The quantitative estimate of drug-likeness (QED) is 0.597. The van der Waals surface area contributed by atoms with Crippen molar-refractivity contribution in [1.29, 1.82) is 0 Å². The average Bonchev–Trinajstić information content (AvgIpc) is 2.92. The average molecular weight is 438 g/mol. The van der Waals surface area contributed by atoms with E-state index >= 15 is 0 Å². The lowest BCUT2D eigenvalue weighted by atomic mass is 10.0. The highest BCUT2D eigenvalue weighted by Crippen LogP contribution is 2.34. The molecule has 0 aliphatic heterocycles. The van der Waals surface area contributed by atoms with E-state index in [9.17, 15) is 5.11 Å². The van der Waals surface area contributed by atoms with E-state index in [4.69, 9.17) is 4.98 Å². The standard InChI is InChI=1S/C18H18Br2N2O/c1-11(2)12-3-5-13(6-4-12)18-21-16-14(19)7-8-15(20)17(16)22(18)9-10-23/h3-8,11,23H,9-10H2,1-2H3. The minimum Gasteiger partial charge on any atom is -0.395 e. The second kappa shape index (κ2) is 6.75. The van der Waals surface area contributed by atoms with Gasteiger partial charge in [-0.25, -0.2) is 4.98 Å². The van der Waals surface area contributed by atoms with E-state index in [1.807, 2.05) is 12.1 Å². The lowest BCUT2D eigenvalue weighted by Crippen LogP contribution is -2.04. The summed E-state index contributed by atoms with van der Waals surface area (Å²) < 4.78 is 3.99. The van der Waals surface area contributed by atoms with E-state index in [2.05, 4.69) is 74.5 Å². The molecule has 5 heteroatoms. The second-order valence-electron chi connectivity index (χ2n) is 5.81. The Morgan fingerprint density at radius 3 is 2.30 bits per heavy atom. The van der Waals surface area contributed by atoms with Gasteiger partial charge in [0.05, 0.1) is 12.1 Å². The van der Waals surface area contributed by atoms with Gasteiger partial charge in [0.2, 0.25) is 0 Å². The predicted molar refractivity (Wildman–Crippen MR) is 102 cm³/mol. The van der Waals surface area contributed by atoms with Gasteiger partial charge in [-0.05, 0) is 55.5 Å². The Balaban J connectivity index is 2.22.